The molecule has 0 aliphatic carbocycles. The summed E-state index contributed by atoms with van der Waals surface area (Å²) in [5, 5.41) is 10.6. The zero-order valence-electron chi connectivity index (χ0n) is 9.71. The minimum Gasteiger partial charge on any atom is -0.306 e. The second-order valence-corrected chi connectivity index (χ2v) is 5.38. The Morgan fingerprint density at radius 3 is 2.53 bits per heavy atom. The van der Waals surface area contributed by atoms with Crippen molar-refractivity contribution in [3.05, 3.63) is 33.8 Å². The van der Waals surface area contributed by atoms with Gasteiger partial charge in [0, 0.05) is 0 Å². The van der Waals surface area contributed by atoms with E-state index < -0.39 is 5.41 Å². The van der Waals surface area contributed by atoms with E-state index in [1.165, 1.54) is 0 Å². The van der Waals surface area contributed by atoms with Gasteiger partial charge >= 0.3 is 0 Å². The fraction of sp³-hybridized carbons (Fsp3) is 0.462. The number of likely N-dealkylation sites (tertiary alicyclic amines) is 1. The third kappa shape index (κ3) is 2.28. The molecule has 1 aliphatic heterocycles. The average Bonchev–Trinajstić information content (AvgIpc) is 2.35. The highest BCUT2D eigenvalue weighted by atomic mass is 35.5. The van der Waals surface area contributed by atoms with Gasteiger partial charge in [0.25, 0.3) is 0 Å². The third-order valence-corrected chi connectivity index (χ3v) is 4.34. The maximum absolute atomic E-state index is 9.53. The van der Waals surface area contributed by atoms with Gasteiger partial charge < -0.3 is 4.90 Å². The van der Waals surface area contributed by atoms with Crippen LogP contribution in [0.25, 0.3) is 0 Å². The van der Waals surface area contributed by atoms with E-state index in [0.717, 1.165) is 31.5 Å². The number of rotatable bonds is 1. The Bertz CT molecular complexity index is 457. The summed E-state index contributed by atoms with van der Waals surface area (Å²) in [4.78, 5) is 2.23. The molecule has 2 rings (SSSR count). The second kappa shape index (κ2) is 4.86. The van der Waals surface area contributed by atoms with Gasteiger partial charge in [0.15, 0.2) is 0 Å². The highest BCUT2D eigenvalue weighted by molar-refractivity contribution is 6.42. The summed E-state index contributed by atoms with van der Waals surface area (Å²) < 4.78 is 0. The standard InChI is InChI=1S/C13H14Cl2N2/c1-17-7-5-13(9-16,6-8-17)10-3-2-4-11(14)12(10)15/h2-4H,5-8H2,1H3. The van der Waals surface area contributed by atoms with Crippen LogP contribution >= 0.6 is 23.2 Å². The van der Waals surface area contributed by atoms with Crippen molar-refractivity contribution in [2.24, 2.45) is 0 Å². The molecule has 0 amide bonds. The molecule has 4 heteroatoms. The van der Waals surface area contributed by atoms with E-state index in [2.05, 4.69) is 18.0 Å². The molecule has 1 aromatic carbocycles. The highest BCUT2D eigenvalue weighted by Crippen LogP contribution is 2.40. The summed E-state index contributed by atoms with van der Waals surface area (Å²) in [5.74, 6) is 0. The summed E-state index contributed by atoms with van der Waals surface area (Å²) in [7, 11) is 2.07. The van der Waals surface area contributed by atoms with Crippen LogP contribution in [0.1, 0.15) is 18.4 Å². The van der Waals surface area contributed by atoms with Crippen molar-refractivity contribution in [2.75, 3.05) is 20.1 Å². The smallest absolute Gasteiger partial charge is 0.0861 e. The van der Waals surface area contributed by atoms with Gasteiger partial charge in [0.05, 0.1) is 21.5 Å². The van der Waals surface area contributed by atoms with E-state index in [-0.39, 0.29) is 0 Å². The summed E-state index contributed by atoms with van der Waals surface area (Å²) in [6.07, 6.45) is 1.61. The minimum atomic E-state index is -0.478. The number of benzene rings is 1. The van der Waals surface area contributed by atoms with Gasteiger partial charge in [-0.25, -0.2) is 0 Å². The topological polar surface area (TPSA) is 27.0 Å². The molecule has 0 saturated carbocycles. The van der Waals surface area contributed by atoms with Crippen LogP contribution < -0.4 is 0 Å². The molecular formula is C13H14Cl2N2. The molecule has 0 N–H and O–H groups in total. The summed E-state index contributed by atoms with van der Waals surface area (Å²) in [6.45, 7) is 1.83. The monoisotopic (exact) mass is 268 g/mol. The van der Waals surface area contributed by atoms with Crippen LogP contribution in [0, 0.1) is 11.3 Å². The molecule has 90 valence electrons. The fourth-order valence-corrected chi connectivity index (χ4v) is 2.80. The number of halogens is 2. The van der Waals surface area contributed by atoms with Crippen molar-refractivity contribution in [3.8, 4) is 6.07 Å². The maximum Gasteiger partial charge on any atom is 0.0861 e. The Morgan fingerprint density at radius 1 is 1.29 bits per heavy atom. The first-order valence-corrected chi connectivity index (χ1v) is 6.39. The van der Waals surface area contributed by atoms with E-state index in [9.17, 15) is 5.26 Å². The van der Waals surface area contributed by atoms with Crippen LogP contribution in [-0.4, -0.2) is 25.0 Å². The molecule has 17 heavy (non-hydrogen) atoms. The fourth-order valence-electron chi connectivity index (χ4n) is 2.32. The Balaban J connectivity index is 2.42. The predicted octanol–water partition coefficient (Wildman–Crippen LogP) is 3.48. The van der Waals surface area contributed by atoms with Crippen molar-refractivity contribution in [3.63, 3.8) is 0 Å². The highest BCUT2D eigenvalue weighted by Gasteiger charge is 2.37. The van der Waals surface area contributed by atoms with E-state index in [1.54, 1.807) is 6.07 Å². The maximum atomic E-state index is 9.53. The molecule has 0 spiro atoms. The van der Waals surface area contributed by atoms with Crippen LogP contribution in [0.3, 0.4) is 0 Å². The Labute approximate surface area is 112 Å². The predicted molar refractivity (Wildman–Crippen MR) is 70.5 cm³/mol. The molecule has 1 fully saturated rings. The number of nitrogens with zero attached hydrogens (tertiary/aromatic N) is 2. The molecule has 0 aromatic heterocycles. The van der Waals surface area contributed by atoms with Crippen molar-refractivity contribution < 1.29 is 0 Å². The van der Waals surface area contributed by atoms with Crippen LogP contribution in [0.2, 0.25) is 10.0 Å². The van der Waals surface area contributed by atoms with E-state index in [4.69, 9.17) is 23.2 Å². The minimum absolute atomic E-state index is 0.478. The van der Waals surface area contributed by atoms with Gasteiger partial charge in [-0.15, -0.1) is 0 Å². The first-order valence-electron chi connectivity index (χ1n) is 5.63. The van der Waals surface area contributed by atoms with Crippen LogP contribution in [0.15, 0.2) is 18.2 Å². The molecule has 1 aliphatic rings. The molecule has 1 saturated heterocycles. The molecular weight excluding hydrogens is 255 g/mol. The zero-order valence-corrected chi connectivity index (χ0v) is 11.2. The molecule has 2 nitrogen and oxygen atoms in total. The van der Waals surface area contributed by atoms with Crippen molar-refractivity contribution in [1.82, 2.24) is 4.90 Å². The van der Waals surface area contributed by atoms with E-state index >= 15 is 0 Å². The van der Waals surface area contributed by atoms with Gasteiger partial charge in [0.1, 0.15) is 0 Å². The molecule has 0 unspecified atom stereocenters. The molecule has 1 heterocycles. The molecule has 0 atom stereocenters. The molecule has 1 aromatic rings. The molecule has 0 bridgehead atoms. The first kappa shape index (κ1) is 12.7. The van der Waals surface area contributed by atoms with Crippen molar-refractivity contribution >= 4 is 23.2 Å². The quantitative estimate of drug-likeness (QED) is 0.780. The summed E-state index contributed by atoms with van der Waals surface area (Å²) in [5.41, 5.74) is 0.399. The Morgan fingerprint density at radius 2 is 1.94 bits per heavy atom. The summed E-state index contributed by atoms with van der Waals surface area (Å²) >= 11 is 12.3. The number of hydrogen-bond donors (Lipinski definition) is 0. The van der Waals surface area contributed by atoms with Gasteiger partial charge in [0.2, 0.25) is 0 Å². The SMILES string of the molecule is CN1CCC(C#N)(c2cccc(Cl)c2Cl)CC1. The van der Waals surface area contributed by atoms with Gasteiger partial charge in [-0.3, -0.25) is 0 Å². The lowest BCUT2D eigenvalue weighted by Gasteiger charge is -2.36. The largest absolute Gasteiger partial charge is 0.306 e. The van der Waals surface area contributed by atoms with Crippen LogP contribution in [-0.2, 0) is 5.41 Å². The number of piperidine rings is 1. The average molecular weight is 269 g/mol. The Hall–Kier alpha value is -0.750. The third-order valence-electron chi connectivity index (χ3n) is 3.52. The number of hydrogen-bond acceptors (Lipinski definition) is 2. The van der Waals surface area contributed by atoms with Gasteiger partial charge in [-0.1, -0.05) is 35.3 Å². The lowest BCUT2D eigenvalue weighted by atomic mass is 9.74. The van der Waals surface area contributed by atoms with Gasteiger partial charge in [-0.05, 0) is 44.6 Å². The van der Waals surface area contributed by atoms with Crippen molar-refractivity contribution in [2.45, 2.75) is 18.3 Å². The molecule has 0 radical (unpaired) electrons. The van der Waals surface area contributed by atoms with Gasteiger partial charge in [-0.2, -0.15) is 5.26 Å². The lowest BCUT2D eigenvalue weighted by molar-refractivity contribution is 0.222. The van der Waals surface area contributed by atoms with E-state index in [1.807, 2.05) is 12.1 Å². The van der Waals surface area contributed by atoms with Crippen LogP contribution in [0.4, 0.5) is 0 Å². The summed E-state index contributed by atoms with van der Waals surface area (Å²) in [6, 6.07) is 7.99. The zero-order chi connectivity index (χ0) is 12.5. The first-order chi connectivity index (χ1) is 8.09. The Kier molecular flexibility index (Phi) is 3.63. The second-order valence-electron chi connectivity index (χ2n) is 4.60. The van der Waals surface area contributed by atoms with Crippen molar-refractivity contribution in [1.29, 1.82) is 5.26 Å². The lowest BCUT2D eigenvalue weighted by Crippen LogP contribution is -2.40. The van der Waals surface area contributed by atoms with E-state index in [0.29, 0.717) is 10.0 Å². The normalized spacial score (nSPS) is 19.9. The number of nitriles is 1. The van der Waals surface area contributed by atoms with Crippen LogP contribution in [0.5, 0.6) is 0 Å².